The molecule has 35 heavy (non-hydrogen) atoms. The van der Waals surface area contributed by atoms with Crippen LogP contribution in [0.3, 0.4) is 0 Å². The number of amides is 4. The molecule has 3 atom stereocenters. The van der Waals surface area contributed by atoms with Crippen molar-refractivity contribution in [3.05, 3.63) is 59.2 Å². The van der Waals surface area contributed by atoms with Crippen LogP contribution in [0.2, 0.25) is 0 Å². The second kappa shape index (κ2) is 8.01. The lowest BCUT2D eigenvalue weighted by Gasteiger charge is -2.35. The Hall–Kier alpha value is -4.07. The second-order valence-electron chi connectivity index (χ2n) is 8.68. The van der Waals surface area contributed by atoms with Crippen LogP contribution in [0.15, 0.2) is 42.5 Å². The Morgan fingerprint density at radius 1 is 1.20 bits per heavy atom. The van der Waals surface area contributed by atoms with Gasteiger partial charge in [0.05, 0.1) is 48.5 Å². The number of hydrogen-bond acceptors (Lipinski definition) is 5. The lowest BCUT2D eigenvalue weighted by atomic mass is 10.0. The van der Waals surface area contributed by atoms with Crippen LogP contribution in [0.25, 0.3) is 0 Å². The van der Waals surface area contributed by atoms with E-state index in [-0.39, 0.29) is 24.6 Å². The molecule has 8 nitrogen and oxygen atoms in total. The van der Waals surface area contributed by atoms with Gasteiger partial charge in [-0.15, -0.1) is 0 Å². The lowest BCUT2D eigenvalue weighted by molar-refractivity contribution is -0.138. The number of methoxy groups -OCH3 is 1. The summed E-state index contributed by atoms with van der Waals surface area (Å²) in [6.07, 6.45) is -4.31. The molecule has 0 aliphatic carbocycles. The summed E-state index contributed by atoms with van der Waals surface area (Å²) in [4.78, 5) is 43.1. The Morgan fingerprint density at radius 3 is 2.66 bits per heavy atom. The van der Waals surface area contributed by atoms with Gasteiger partial charge < -0.3 is 14.5 Å². The number of imide groups is 1. The molecule has 2 bridgehead atoms. The molecule has 4 amide bonds. The minimum absolute atomic E-state index is 0.0869. The van der Waals surface area contributed by atoms with Crippen molar-refractivity contribution in [2.45, 2.75) is 37.1 Å². The normalized spacial score (nSPS) is 23.1. The minimum atomic E-state index is -4.83. The fraction of sp³-hybridized carbons (Fsp3) is 0.333. The van der Waals surface area contributed by atoms with E-state index in [0.29, 0.717) is 18.2 Å². The van der Waals surface area contributed by atoms with Crippen LogP contribution in [-0.4, -0.2) is 59.4 Å². The molecule has 2 aromatic carbocycles. The Kier molecular flexibility index (Phi) is 5.20. The zero-order valence-corrected chi connectivity index (χ0v) is 18.5. The Balaban J connectivity index is 1.40. The molecule has 0 saturated carbocycles. The van der Waals surface area contributed by atoms with Gasteiger partial charge in [0.1, 0.15) is 11.8 Å². The van der Waals surface area contributed by atoms with E-state index in [1.54, 1.807) is 29.2 Å². The third-order valence-electron chi connectivity index (χ3n) is 6.76. The molecule has 3 heterocycles. The summed E-state index contributed by atoms with van der Waals surface area (Å²) in [6, 6.07) is 8.65. The van der Waals surface area contributed by atoms with Crippen molar-refractivity contribution in [3.8, 4) is 11.8 Å². The van der Waals surface area contributed by atoms with Crippen molar-refractivity contribution in [1.82, 2.24) is 9.80 Å². The predicted octanol–water partition coefficient (Wildman–Crippen LogP) is 2.95. The zero-order chi connectivity index (χ0) is 25.1. The van der Waals surface area contributed by atoms with Gasteiger partial charge >= 0.3 is 12.2 Å². The fourth-order valence-electron chi connectivity index (χ4n) is 5.24. The molecule has 11 heteroatoms. The largest absolute Gasteiger partial charge is 0.497 e. The number of carbonyl (C=O) groups excluding carboxylic acids is 3. The van der Waals surface area contributed by atoms with E-state index in [0.717, 1.165) is 22.6 Å². The summed E-state index contributed by atoms with van der Waals surface area (Å²) in [5.74, 6) is -0.279. The molecule has 0 radical (unpaired) electrons. The number of halogens is 3. The Morgan fingerprint density at radius 2 is 1.97 bits per heavy atom. The van der Waals surface area contributed by atoms with Crippen LogP contribution in [0.1, 0.15) is 23.1 Å². The second-order valence-corrected chi connectivity index (χ2v) is 8.68. The topological polar surface area (TPSA) is 94.0 Å². The SMILES string of the molecule is COc1cccc(CC(=O)N2CC3CC2[C@@H]2C(=O)N(c4ccc(C#N)c(C(F)(F)F)c4)C(=O)N32)c1. The molecule has 2 aromatic rings. The van der Waals surface area contributed by atoms with Crippen LogP contribution < -0.4 is 9.64 Å². The highest BCUT2D eigenvalue weighted by Gasteiger charge is 2.62. The van der Waals surface area contributed by atoms with E-state index in [4.69, 9.17) is 10.00 Å². The third kappa shape index (κ3) is 3.56. The van der Waals surface area contributed by atoms with Gasteiger partial charge in [0.15, 0.2) is 0 Å². The predicted molar refractivity (Wildman–Crippen MR) is 115 cm³/mol. The summed E-state index contributed by atoms with van der Waals surface area (Å²) in [5, 5.41) is 9.02. The van der Waals surface area contributed by atoms with Gasteiger partial charge in [0.2, 0.25) is 5.91 Å². The van der Waals surface area contributed by atoms with Crippen LogP contribution in [0.5, 0.6) is 5.75 Å². The molecule has 3 aliphatic rings. The first-order chi connectivity index (χ1) is 16.6. The van der Waals surface area contributed by atoms with Gasteiger partial charge in [0.25, 0.3) is 5.91 Å². The molecule has 180 valence electrons. The first kappa shape index (κ1) is 22.7. The molecule has 0 N–H and O–H groups in total. The van der Waals surface area contributed by atoms with Crippen LogP contribution in [0.4, 0.5) is 23.7 Å². The summed E-state index contributed by atoms with van der Waals surface area (Å²) in [6.45, 7) is 0.248. The van der Waals surface area contributed by atoms with Gasteiger partial charge in [0, 0.05) is 6.54 Å². The van der Waals surface area contributed by atoms with Gasteiger partial charge in [-0.1, -0.05) is 12.1 Å². The number of hydrogen-bond donors (Lipinski definition) is 0. The maximum Gasteiger partial charge on any atom is 0.417 e. The summed E-state index contributed by atoms with van der Waals surface area (Å²) >= 11 is 0. The number of likely N-dealkylation sites (tertiary alicyclic amines) is 1. The van der Waals surface area contributed by atoms with Gasteiger partial charge in [-0.3, -0.25) is 9.59 Å². The highest BCUT2D eigenvalue weighted by Crippen LogP contribution is 2.43. The first-order valence-electron chi connectivity index (χ1n) is 10.8. The number of carbonyl (C=O) groups is 3. The summed E-state index contributed by atoms with van der Waals surface area (Å²) in [5.41, 5.74) is -1.34. The highest BCUT2D eigenvalue weighted by molar-refractivity contribution is 6.22. The van der Waals surface area contributed by atoms with Gasteiger partial charge in [-0.05, 0) is 42.3 Å². The molecule has 3 saturated heterocycles. The van der Waals surface area contributed by atoms with Crippen molar-refractivity contribution in [1.29, 1.82) is 5.26 Å². The maximum atomic E-state index is 13.4. The fourth-order valence-corrected chi connectivity index (χ4v) is 5.24. The molecule has 5 rings (SSSR count). The molecule has 0 aromatic heterocycles. The van der Waals surface area contributed by atoms with E-state index in [1.165, 1.54) is 18.1 Å². The van der Waals surface area contributed by atoms with E-state index < -0.39 is 47.4 Å². The molecule has 0 spiro atoms. The number of anilines is 1. The maximum absolute atomic E-state index is 13.4. The number of ether oxygens (including phenoxy) is 1. The van der Waals surface area contributed by atoms with E-state index in [9.17, 15) is 27.6 Å². The van der Waals surface area contributed by atoms with Crippen molar-refractivity contribution >= 4 is 23.5 Å². The van der Waals surface area contributed by atoms with E-state index >= 15 is 0 Å². The number of piperazine rings is 1. The molecule has 2 unspecified atom stereocenters. The van der Waals surface area contributed by atoms with Crippen LogP contribution in [0, 0.1) is 11.3 Å². The molecular weight excluding hydrogens is 465 g/mol. The third-order valence-corrected chi connectivity index (χ3v) is 6.76. The number of nitriles is 1. The molecule has 3 aliphatic heterocycles. The van der Waals surface area contributed by atoms with Crippen molar-refractivity contribution in [3.63, 3.8) is 0 Å². The number of rotatable bonds is 4. The number of benzene rings is 2. The average molecular weight is 484 g/mol. The van der Waals surface area contributed by atoms with Crippen LogP contribution in [-0.2, 0) is 22.2 Å². The molecular formula is C24H19F3N4O4. The number of nitrogens with zero attached hydrogens (tertiary/aromatic N) is 4. The molecule has 3 fully saturated rings. The average Bonchev–Trinajstić information content (AvgIpc) is 3.49. The number of alkyl halides is 3. The lowest BCUT2D eigenvalue weighted by Crippen LogP contribution is -2.55. The van der Waals surface area contributed by atoms with Crippen molar-refractivity contribution in [2.24, 2.45) is 0 Å². The highest BCUT2D eigenvalue weighted by atomic mass is 19.4. The first-order valence-corrected chi connectivity index (χ1v) is 10.8. The summed E-state index contributed by atoms with van der Waals surface area (Å²) < 4.78 is 45.5. The van der Waals surface area contributed by atoms with E-state index in [2.05, 4.69) is 0 Å². The van der Waals surface area contributed by atoms with Gasteiger partial charge in [-0.25, -0.2) is 9.69 Å². The quantitative estimate of drug-likeness (QED) is 0.622. The Labute approximate surface area is 198 Å². The number of urea groups is 1. The standard InChI is InChI=1S/C24H19F3N4O4/c1-35-17-4-2-3-13(7-17)8-20(32)29-12-16-10-19(29)21-22(33)31(23(34)30(16)21)15-6-5-14(11-28)18(9-15)24(25,26)27/h2-7,9,16,19,21H,8,10,12H2,1H3/t16?,19?,21-/m1/s1. The number of fused-ring (bicyclic) bond motifs is 5. The zero-order valence-electron chi connectivity index (χ0n) is 18.5. The smallest absolute Gasteiger partial charge is 0.417 e. The van der Waals surface area contributed by atoms with Crippen LogP contribution >= 0.6 is 0 Å². The van der Waals surface area contributed by atoms with Crippen molar-refractivity contribution < 1.29 is 32.3 Å². The van der Waals surface area contributed by atoms with Crippen molar-refractivity contribution in [2.75, 3.05) is 18.6 Å². The minimum Gasteiger partial charge on any atom is -0.497 e. The van der Waals surface area contributed by atoms with E-state index in [1.807, 2.05) is 0 Å². The summed E-state index contributed by atoms with van der Waals surface area (Å²) in [7, 11) is 1.52. The van der Waals surface area contributed by atoms with Gasteiger partial charge in [-0.2, -0.15) is 18.4 Å². The monoisotopic (exact) mass is 484 g/mol. The Bertz CT molecular complexity index is 1290.